The zero-order valence-corrected chi connectivity index (χ0v) is 10.9. The van der Waals surface area contributed by atoms with Crippen molar-refractivity contribution in [3.63, 3.8) is 0 Å². The highest BCUT2D eigenvalue weighted by molar-refractivity contribution is 5.37. The maximum atomic E-state index is 13.4. The van der Waals surface area contributed by atoms with Crippen LogP contribution in [-0.2, 0) is 6.61 Å². The zero-order chi connectivity index (χ0) is 13.5. The van der Waals surface area contributed by atoms with Gasteiger partial charge in [-0.2, -0.15) is 0 Å². The average molecular weight is 260 g/mol. The van der Waals surface area contributed by atoms with Crippen molar-refractivity contribution < 1.29 is 9.13 Å². The Hall–Kier alpha value is -2.10. The van der Waals surface area contributed by atoms with Gasteiger partial charge in [-0.25, -0.2) is 9.37 Å². The minimum absolute atomic E-state index is 0.266. The van der Waals surface area contributed by atoms with E-state index in [1.54, 1.807) is 24.4 Å². The van der Waals surface area contributed by atoms with E-state index in [0.717, 1.165) is 24.3 Å². The maximum absolute atomic E-state index is 13.4. The first-order valence-electron chi connectivity index (χ1n) is 6.35. The lowest BCUT2D eigenvalue weighted by molar-refractivity contribution is 0.290. The Bertz CT molecular complexity index is 531. The Morgan fingerprint density at radius 2 is 2.11 bits per heavy atom. The molecule has 100 valence electrons. The Morgan fingerprint density at radius 1 is 1.26 bits per heavy atom. The number of rotatable bonds is 6. The fourth-order valence-electron chi connectivity index (χ4n) is 1.64. The lowest BCUT2D eigenvalue weighted by atomic mass is 10.2. The van der Waals surface area contributed by atoms with Crippen LogP contribution >= 0.6 is 0 Å². The van der Waals surface area contributed by atoms with Crippen LogP contribution in [0.4, 0.5) is 10.2 Å². The molecule has 4 heteroatoms. The van der Waals surface area contributed by atoms with E-state index in [-0.39, 0.29) is 11.6 Å². The van der Waals surface area contributed by atoms with E-state index in [4.69, 9.17) is 4.74 Å². The van der Waals surface area contributed by atoms with E-state index in [1.165, 1.54) is 6.07 Å². The molecule has 1 N–H and O–H groups in total. The number of para-hydroxylation sites is 1. The molecule has 0 fully saturated rings. The third-order valence-corrected chi connectivity index (χ3v) is 2.61. The number of anilines is 1. The predicted molar refractivity (Wildman–Crippen MR) is 73.7 cm³/mol. The number of nitrogens with one attached hydrogen (secondary N) is 1. The summed E-state index contributed by atoms with van der Waals surface area (Å²) in [6, 6.07) is 10.2. The molecule has 0 bridgehead atoms. The van der Waals surface area contributed by atoms with Gasteiger partial charge in [0, 0.05) is 12.7 Å². The highest BCUT2D eigenvalue weighted by atomic mass is 19.1. The van der Waals surface area contributed by atoms with Gasteiger partial charge in [0.25, 0.3) is 0 Å². The van der Waals surface area contributed by atoms with Crippen LogP contribution in [-0.4, -0.2) is 11.5 Å². The van der Waals surface area contributed by atoms with Crippen LogP contribution in [0.25, 0.3) is 0 Å². The van der Waals surface area contributed by atoms with Crippen LogP contribution in [0, 0.1) is 5.82 Å². The largest absolute Gasteiger partial charge is 0.486 e. The number of hydrogen-bond donors (Lipinski definition) is 1. The number of nitrogens with zero attached hydrogens (tertiary/aromatic N) is 1. The molecule has 3 nitrogen and oxygen atoms in total. The average Bonchev–Trinajstić information content (AvgIpc) is 2.45. The first-order valence-corrected chi connectivity index (χ1v) is 6.35. The first kappa shape index (κ1) is 13.3. The monoisotopic (exact) mass is 260 g/mol. The normalized spacial score (nSPS) is 10.2. The molecule has 0 aliphatic heterocycles. The molecule has 0 saturated carbocycles. The van der Waals surface area contributed by atoms with Crippen molar-refractivity contribution in [2.45, 2.75) is 20.0 Å². The summed E-state index contributed by atoms with van der Waals surface area (Å²) in [5.74, 6) is 0.736. The quantitative estimate of drug-likeness (QED) is 0.861. The molecule has 0 unspecified atom stereocenters. The van der Waals surface area contributed by atoms with Crippen molar-refractivity contribution in [2.75, 3.05) is 11.9 Å². The first-order chi connectivity index (χ1) is 9.29. The molecule has 0 saturated heterocycles. The van der Waals surface area contributed by atoms with Crippen LogP contribution in [0.2, 0.25) is 0 Å². The Kier molecular flexibility index (Phi) is 4.72. The lowest BCUT2D eigenvalue weighted by Gasteiger charge is -2.09. The van der Waals surface area contributed by atoms with Gasteiger partial charge in [-0.15, -0.1) is 0 Å². The highest BCUT2D eigenvalue weighted by Crippen LogP contribution is 2.17. The van der Waals surface area contributed by atoms with Gasteiger partial charge in [0.1, 0.15) is 12.4 Å². The molecule has 1 heterocycles. The van der Waals surface area contributed by atoms with E-state index in [9.17, 15) is 4.39 Å². The summed E-state index contributed by atoms with van der Waals surface area (Å²) in [6.07, 6.45) is 2.76. The summed E-state index contributed by atoms with van der Waals surface area (Å²) in [7, 11) is 0. The summed E-state index contributed by atoms with van der Waals surface area (Å²) in [6.45, 7) is 3.30. The topological polar surface area (TPSA) is 34.1 Å². The van der Waals surface area contributed by atoms with Crippen molar-refractivity contribution in [1.29, 1.82) is 0 Å². The van der Waals surface area contributed by atoms with Crippen LogP contribution in [0.15, 0.2) is 42.6 Å². The summed E-state index contributed by atoms with van der Waals surface area (Å²) in [5.41, 5.74) is 0.955. The minimum Gasteiger partial charge on any atom is -0.486 e. The predicted octanol–water partition coefficient (Wildman–Crippen LogP) is 3.62. The molecular weight excluding hydrogens is 243 g/mol. The van der Waals surface area contributed by atoms with Gasteiger partial charge < -0.3 is 10.1 Å². The smallest absolute Gasteiger partial charge is 0.165 e. The lowest BCUT2D eigenvalue weighted by Crippen LogP contribution is -2.03. The second-order valence-electron chi connectivity index (χ2n) is 4.20. The van der Waals surface area contributed by atoms with E-state index >= 15 is 0 Å². The molecular formula is C15H17FN2O. The van der Waals surface area contributed by atoms with Gasteiger partial charge in [-0.1, -0.05) is 19.1 Å². The van der Waals surface area contributed by atoms with Gasteiger partial charge in [0.2, 0.25) is 0 Å². The van der Waals surface area contributed by atoms with Crippen LogP contribution in [0.5, 0.6) is 5.75 Å². The van der Waals surface area contributed by atoms with Gasteiger partial charge >= 0.3 is 0 Å². The van der Waals surface area contributed by atoms with Gasteiger partial charge in [0.05, 0.1) is 0 Å². The second kappa shape index (κ2) is 6.73. The summed E-state index contributed by atoms with van der Waals surface area (Å²) < 4.78 is 18.8. The third kappa shape index (κ3) is 3.95. The molecule has 1 aromatic heterocycles. The van der Waals surface area contributed by atoms with Crippen LogP contribution < -0.4 is 10.1 Å². The summed E-state index contributed by atoms with van der Waals surface area (Å²) in [5, 5.41) is 3.20. The Labute approximate surface area is 112 Å². The highest BCUT2D eigenvalue weighted by Gasteiger charge is 2.02. The number of benzene rings is 1. The zero-order valence-electron chi connectivity index (χ0n) is 10.9. The molecule has 2 aromatic rings. The molecule has 0 spiro atoms. The van der Waals surface area contributed by atoms with Gasteiger partial charge in [-0.3, -0.25) is 0 Å². The van der Waals surface area contributed by atoms with Crippen LogP contribution in [0.3, 0.4) is 0 Å². The van der Waals surface area contributed by atoms with Crippen molar-refractivity contribution in [2.24, 2.45) is 0 Å². The molecule has 19 heavy (non-hydrogen) atoms. The van der Waals surface area contributed by atoms with E-state index in [2.05, 4.69) is 17.2 Å². The fraction of sp³-hybridized carbons (Fsp3) is 0.267. The molecule has 2 rings (SSSR count). The fourth-order valence-corrected chi connectivity index (χ4v) is 1.64. The molecule has 0 amide bonds. The number of aromatic nitrogens is 1. The molecule has 0 radical (unpaired) electrons. The van der Waals surface area contributed by atoms with Gasteiger partial charge in [0.15, 0.2) is 11.6 Å². The second-order valence-corrected chi connectivity index (χ2v) is 4.20. The molecule has 0 atom stereocenters. The van der Waals surface area contributed by atoms with Crippen molar-refractivity contribution in [3.8, 4) is 5.75 Å². The van der Waals surface area contributed by atoms with Gasteiger partial charge in [-0.05, 0) is 36.2 Å². The summed E-state index contributed by atoms with van der Waals surface area (Å²) >= 11 is 0. The van der Waals surface area contributed by atoms with E-state index < -0.39 is 0 Å². The standard InChI is InChI=1S/C15H17FN2O/c1-2-8-17-15-10-12(7-9-18-15)11-19-14-6-4-3-5-13(14)16/h3-7,9-10H,2,8,11H2,1H3,(H,17,18). The van der Waals surface area contributed by atoms with Crippen LogP contribution in [0.1, 0.15) is 18.9 Å². The number of hydrogen-bond acceptors (Lipinski definition) is 3. The minimum atomic E-state index is -0.346. The Balaban J connectivity index is 1.98. The maximum Gasteiger partial charge on any atom is 0.165 e. The molecule has 0 aliphatic rings. The van der Waals surface area contributed by atoms with Crippen molar-refractivity contribution in [1.82, 2.24) is 4.98 Å². The summed E-state index contributed by atoms with van der Waals surface area (Å²) in [4.78, 5) is 4.21. The Morgan fingerprint density at radius 3 is 2.89 bits per heavy atom. The SMILES string of the molecule is CCCNc1cc(COc2ccccc2F)ccn1. The van der Waals surface area contributed by atoms with E-state index in [0.29, 0.717) is 6.61 Å². The van der Waals surface area contributed by atoms with Crippen molar-refractivity contribution >= 4 is 5.82 Å². The molecule has 1 aromatic carbocycles. The number of halogens is 1. The molecule has 0 aliphatic carbocycles. The number of pyridine rings is 1. The van der Waals surface area contributed by atoms with Crippen molar-refractivity contribution in [3.05, 3.63) is 54.0 Å². The van der Waals surface area contributed by atoms with E-state index in [1.807, 2.05) is 12.1 Å². The third-order valence-electron chi connectivity index (χ3n) is 2.61. The number of ether oxygens (including phenoxy) is 1.